The van der Waals surface area contributed by atoms with Crippen molar-refractivity contribution >= 4 is 11.6 Å². The van der Waals surface area contributed by atoms with E-state index in [4.69, 9.17) is 21.9 Å². The molecule has 0 unspecified atom stereocenters. The van der Waals surface area contributed by atoms with Crippen molar-refractivity contribution in [1.29, 1.82) is 0 Å². The second kappa shape index (κ2) is 4.66. The highest BCUT2D eigenvalue weighted by Crippen LogP contribution is 2.28. The first-order valence-electron chi connectivity index (χ1n) is 5.44. The van der Waals surface area contributed by atoms with Crippen LogP contribution in [-0.2, 0) is 5.41 Å². The molecule has 0 amide bonds. The summed E-state index contributed by atoms with van der Waals surface area (Å²) in [5.41, 5.74) is 5.76. The van der Waals surface area contributed by atoms with Gasteiger partial charge in [0.2, 0.25) is 11.7 Å². The number of rotatable bonds is 3. The Bertz CT molecular complexity index is 568. The van der Waals surface area contributed by atoms with Gasteiger partial charge in [0.1, 0.15) is 5.82 Å². The van der Waals surface area contributed by atoms with Crippen molar-refractivity contribution < 1.29 is 8.91 Å². The molecule has 2 rings (SSSR count). The molecule has 0 saturated heterocycles. The molecule has 0 atom stereocenters. The third kappa shape index (κ3) is 2.37. The van der Waals surface area contributed by atoms with E-state index in [-0.39, 0.29) is 5.02 Å². The minimum absolute atomic E-state index is 0.243. The van der Waals surface area contributed by atoms with Gasteiger partial charge in [-0.2, -0.15) is 4.98 Å². The maximum absolute atomic E-state index is 12.9. The fourth-order valence-electron chi connectivity index (χ4n) is 1.37. The van der Waals surface area contributed by atoms with Gasteiger partial charge in [-0.05, 0) is 32.0 Å². The highest BCUT2D eigenvalue weighted by Gasteiger charge is 2.26. The average Bonchev–Trinajstić information content (AvgIpc) is 2.79. The van der Waals surface area contributed by atoms with Crippen molar-refractivity contribution in [3.8, 4) is 11.4 Å². The standard InChI is InChI=1S/C12H13ClFN3O/c1-12(2,6-15)11-16-10(17-18-11)8-4-3-7(14)5-9(8)13/h3-5H,6,15H2,1-2H3. The second-order valence-electron chi connectivity index (χ2n) is 4.64. The Labute approximate surface area is 109 Å². The highest BCUT2D eigenvalue weighted by molar-refractivity contribution is 6.33. The van der Waals surface area contributed by atoms with Crippen LogP contribution < -0.4 is 5.73 Å². The first kappa shape index (κ1) is 13.0. The Kier molecular flexibility index (Phi) is 3.36. The predicted octanol–water partition coefficient (Wildman–Crippen LogP) is 2.77. The SMILES string of the molecule is CC(C)(CN)c1nc(-c2ccc(F)cc2Cl)no1. The van der Waals surface area contributed by atoms with Gasteiger partial charge >= 0.3 is 0 Å². The molecule has 0 fully saturated rings. The van der Waals surface area contributed by atoms with Gasteiger partial charge in [0, 0.05) is 12.1 Å². The monoisotopic (exact) mass is 269 g/mol. The Morgan fingerprint density at radius 2 is 2.17 bits per heavy atom. The molecule has 0 radical (unpaired) electrons. The molecular formula is C12H13ClFN3O. The van der Waals surface area contributed by atoms with Crippen LogP contribution in [0.25, 0.3) is 11.4 Å². The molecule has 18 heavy (non-hydrogen) atoms. The first-order chi connectivity index (χ1) is 8.44. The summed E-state index contributed by atoms with van der Waals surface area (Å²) >= 11 is 5.94. The molecule has 0 aliphatic carbocycles. The van der Waals surface area contributed by atoms with Gasteiger partial charge in [-0.25, -0.2) is 4.39 Å². The molecule has 0 aliphatic heterocycles. The van der Waals surface area contributed by atoms with Gasteiger partial charge < -0.3 is 10.3 Å². The molecule has 1 heterocycles. The summed E-state index contributed by atoms with van der Waals surface area (Å²) in [6, 6.07) is 4.02. The quantitative estimate of drug-likeness (QED) is 0.930. The zero-order valence-corrected chi connectivity index (χ0v) is 10.8. The van der Waals surface area contributed by atoms with E-state index in [1.807, 2.05) is 13.8 Å². The lowest BCUT2D eigenvalue weighted by atomic mass is 9.94. The minimum Gasteiger partial charge on any atom is -0.338 e. The van der Waals surface area contributed by atoms with E-state index in [0.717, 1.165) is 0 Å². The molecule has 2 N–H and O–H groups in total. The number of benzene rings is 1. The maximum Gasteiger partial charge on any atom is 0.233 e. The van der Waals surface area contributed by atoms with Crippen molar-refractivity contribution in [1.82, 2.24) is 10.1 Å². The van der Waals surface area contributed by atoms with E-state index < -0.39 is 11.2 Å². The summed E-state index contributed by atoms with van der Waals surface area (Å²) in [5, 5.41) is 4.09. The van der Waals surface area contributed by atoms with Gasteiger partial charge in [-0.15, -0.1) is 0 Å². The second-order valence-corrected chi connectivity index (χ2v) is 5.04. The molecule has 96 valence electrons. The third-order valence-electron chi connectivity index (χ3n) is 2.69. The lowest BCUT2D eigenvalue weighted by molar-refractivity contribution is 0.311. The summed E-state index contributed by atoms with van der Waals surface area (Å²) in [5.74, 6) is 0.353. The molecule has 0 bridgehead atoms. The van der Waals surface area contributed by atoms with Gasteiger partial charge in [-0.3, -0.25) is 0 Å². The zero-order chi connectivity index (χ0) is 13.3. The average molecular weight is 270 g/mol. The van der Waals surface area contributed by atoms with Crippen LogP contribution in [-0.4, -0.2) is 16.7 Å². The van der Waals surface area contributed by atoms with Gasteiger partial charge in [0.05, 0.1) is 10.4 Å². The van der Waals surface area contributed by atoms with Crippen LogP contribution in [0.1, 0.15) is 19.7 Å². The maximum atomic E-state index is 12.9. The summed E-state index contributed by atoms with van der Waals surface area (Å²) in [6.07, 6.45) is 0. The largest absolute Gasteiger partial charge is 0.338 e. The highest BCUT2D eigenvalue weighted by atomic mass is 35.5. The summed E-state index contributed by atoms with van der Waals surface area (Å²) in [6.45, 7) is 4.18. The van der Waals surface area contributed by atoms with Crippen LogP contribution in [0.4, 0.5) is 4.39 Å². The zero-order valence-electron chi connectivity index (χ0n) is 10.1. The van der Waals surface area contributed by atoms with Crippen molar-refractivity contribution in [2.75, 3.05) is 6.54 Å². The van der Waals surface area contributed by atoms with Gasteiger partial charge in [-0.1, -0.05) is 16.8 Å². The normalized spacial score (nSPS) is 11.8. The van der Waals surface area contributed by atoms with Crippen LogP contribution >= 0.6 is 11.6 Å². The van der Waals surface area contributed by atoms with Gasteiger partial charge in [0.15, 0.2) is 0 Å². The summed E-state index contributed by atoms with van der Waals surface area (Å²) in [4.78, 5) is 4.25. The Morgan fingerprint density at radius 3 is 2.78 bits per heavy atom. The van der Waals surface area contributed by atoms with Crippen molar-refractivity contribution in [2.45, 2.75) is 19.3 Å². The van der Waals surface area contributed by atoms with Crippen LogP contribution in [0.3, 0.4) is 0 Å². The third-order valence-corrected chi connectivity index (χ3v) is 3.00. The van der Waals surface area contributed by atoms with E-state index in [0.29, 0.717) is 23.8 Å². The topological polar surface area (TPSA) is 64.9 Å². The predicted molar refractivity (Wildman–Crippen MR) is 66.8 cm³/mol. The Balaban J connectivity index is 2.41. The van der Waals surface area contributed by atoms with Crippen molar-refractivity contribution in [2.24, 2.45) is 5.73 Å². The van der Waals surface area contributed by atoms with Crippen molar-refractivity contribution in [3.05, 3.63) is 34.9 Å². The number of nitrogens with zero attached hydrogens (tertiary/aromatic N) is 2. The number of hydrogen-bond acceptors (Lipinski definition) is 4. The smallest absolute Gasteiger partial charge is 0.233 e. The molecule has 0 saturated carbocycles. The Morgan fingerprint density at radius 1 is 1.44 bits per heavy atom. The van der Waals surface area contributed by atoms with E-state index in [1.165, 1.54) is 18.2 Å². The Hall–Kier alpha value is -1.46. The van der Waals surface area contributed by atoms with Crippen LogP contribution in [0.15, 0.2) is 22.7 Å². The minimum atomic E-state index is -0.408. The lowest BCUT2D eigenvalue weighted by Crippen LogP contribution is -2.28. The molecule has 0 spiro atoms. The fraction of sp³-hybridized carbons (Fsp3) is 0.333. The molecule has 1 aromatic heterocycles. The van der Waals surface area contributed by atoms with Gasteiger partial charge in [0.25, 0.3) is 0 Å². The van der Waals surface area contributed by atoms with E-state index in [9.17, 15) is 4.39 Å². The number of halogens is 2. The van der Waals surface area contributed by atoms with Crippen LogP contribution in [0.5, 0.6) is 0 Å². The summed E-state index contributed by atoms with van der Waals surface area (Å²) in [7, 11) is 0. The van der Waals surface area contributed by atoms with Crippen LogP contribution in [0, 0.1) is 5.82 Å². The van der Waals surface area contributed by atoms with E-state index >= 15 is 0 Å². The molecule has 4 nitrogen and oxygen atoms in total. The number of hydrogen-bond donors (Lipinski definition) is 1. The van der Waals surface area contributed by atoms with E-state index in [2.05, 4.69) is 10.1 Å². The van der Waals surface area contributed by atoms with Crippen LogP contribution in [0.2, 0.25) is 5.02 Å². The van der Waals surface area contributed by atoms with E-state index in [1.54, 1.807) is 0 Å². The molecule has 1 aromatic carbocycles. The fourth-order valence-corrected chi connectivity index (χ4v) is 1.62. The lowest BCUT2D eigenvalue weighted by Gasteiger charge is -2.15. The molecule has 0 aliphatic rings. The number of nitrogens with two attached hydrogens (primary N) is 1. The molecule has 6 heteroatoms. The molecule has 2 aromatic rings. The molecular weight excluding hydrogens is 257 g/mol. The number of aromatic nitrogens is 2. The summed E-state index contributed by atoms with van der Waals surface area (Å²) < 4.78 is 18.1. The van der Waals surface area contributed by atoms with Crippen molar-refractivity contribution in [3.63, 3.8) is 0 Å². The first-order valence-corrected chi connectivity index (χ1v) is 5.81.